The highest BCUT2D eigenvalue weighted by Crippen LogP contribution is 2.43. The Bertz CT molecular complexity index is 576. The zero-order valence-corrected chi connectivity index (χ0v) is 13.0. The summed E-state index contributed by atoms with van der Waals surface area (Å²) in [7, 11) is 1.31. The molecule has 0 aromatic carbocycles. The number of esters is 1. The van der Waals surface area contributed by atoms with E-state index >= 15 is 0 Å². The van der Waals surface area contributed by atoms with E-state index in [1.165, 1.54) is 18.4 Å². The molecule has 1 heterocycles. The number of anilines is 1. The lowest BCUT2D eigenvalue weighted by Crippen LogP contribution is -2.50. The second kappa shape index (κ2) is 5.49. The quantitative estimate of drug-likeness (QED) is 0.658. The standard InChI is InChI=1S/C13H16N2O3S2/c1-7-6-20-9(10(16)18-2)8(7)15-12(17)13(11(14)19)4-3-5-13/h6H,3-5H2,1-2H3,(H2,14,19)(H,15,17). The van der Waals surface area contributed by atoms with Crippen molar-refractivity contribution < 1.29 is 14.3 Å². The van der Waals surface area contributed by atoms with Crippen LogP contribution in [0.25, 0.3) is 0 Å². The normalized spacial score (nSPS) is 16.1. The van der Waals surface area contributed by atoms with E-state index in [-0.39, 0.29) is 10.9 Å². The lowest BCUT2D eigenvalue weighted by molar-refractivity contribution is -0.125. The highest BCUT2D eigenvalue weighted by molar-refractivity contribution is 7.80. The number of thiophene rings is 1. The van der Waals surface area contributed by atoms with Gasteiger partial charge in [-0.05, 0) is 30.7 Å². The van der Waals surface area contributed by atoms with Gasteiger partial charge in [-0.3, -0.25) is 4.79 Å². The molecule has 108 valence electrons. The summed E-state index contributed by atoms with van der Waals surface area (Å²) < 4.78 is 4.71. The topological polar surface area (TPSA) is 81.4 Å². The summed E-state index contributed by atoms with van der Waals surface area (Å²) >= 11 is 6.26. The van der Waals surface area contributed by atoms with Gasteiger partial charge in [0.15, 0.2) is 0 Å². The monoisotopic (exact) mass is 312 g/mol. The van der Waals surface area contributed by atoms with Crippen molar-refractivity contribution in [1.29, 1.82) is 0 Å². The molecule has 1 aliphatic carbocycles. The zero-order valence-electron chi connectivity index (χ0n) is 11.3. The van der Waals surface area contributed by atoms with Crippen molar-refractivity contribution in [2.45, 2.75) is 26.2 Å². The van der Waals surface area contributed by atoms with E-state index in [0.29, 0.717) is 23.4 Å². The number of methoxy groups -OCH3 is 1. The Labute approximate surface area is 126 Å². The van der Waals surface area contributed by atoms with Crippen molar-refractivity contribution in [3.63, 3.8) is 0 Å². The van der Waals surface area contributed by atoms with E-state index in [9.17, 15) is 9.59 Å². The first kappa shape index (κ1) is 14.9. The van der Waals surface area contributed by atoms with Gasteiger partial charge in [-0.25, -0.2) is 4.79 Å². The molecule has 1 aromatic heterocycles. The molecule has 20 heavy (non-hydrogen) atoms. The summed E-state index contributed by atoms with van der Waals surface area (Å²) in [5.74, 6) is -0.695. The summed E-state index contributed by atoms with van der Waals surface area (Å²) in [5.41, 5.74) is 6.25. The first-order chi connectivity index (χ1) is 9.42. The van der Waals surface area contributed by atoms with Gasteiger partial charge in [0.25, 0.3) is 0 Å². The Balaban J connectivity index is 2.26. The number of carbonyl (C=O) groups excluding carboxylic acids is 2. The van der Waals surface area contributed by atoms with E-state index in [0.717, 1.165) is 12.0 Å². The molecule has 1 saturated carbocycles. The second-order valence-corrected chi connectivity index (χ2v) is 6.19. The van der Waals surface area contributed by atoms with Crippen LogP contribution < -0.4 is 11.1 Å². The SMILES string of the molecule is COC(=O)c1scc(C)c1NC(=O)C1(C(N)=S)CCC1. The third-order valence-electron chi connectivity index (χ3n) is 3.70. The number of thiocarbonyl (C=S) groups is 1. The molecule has 1 aromatic rings. The van der Waals surface area contributed by atoms with E-state index < -0.39 is 11.4 Å². The average Bonchev–Trinajstić information content (AvgIpc) is 2.68. The third kappa shape index (κ3) is 2.31. The van der Waals surface area contributed by atoms with Crippen molar-refractivity contribution >= 4 is 46.1 Å². The first-order valence-electron chi connectivity index (χ1n) is 6.20. The molecule has 0 saturated heterocycles. The fourth-order valence-electron chi connectivity index (χ4n) is 2.19. The van der Waals surface area contributed by atoms with Crippen LogP contribution in [0.4, 0.5) is 5.69 Å². The summed E-state index contributed by atoms with van der Waals surface area (Å²) in [4.78, 5) is 24.7. The molecule has 0 atom stereocenters. The third-order valence-corrected chi connectivity index (χ3v) is 5.17. The van der Waals surface area contributed by atoms with Crippen molar-refractivity contribution in [3.05, 3.63) is 15.8 Å². The molecule has 3 N–H and O–H groups in total. The van der Waals surface area contributed by atoms with Gasteiger partial charge in [-0.15, -0.1) is 11.3 Å². The van der Waals surface area contributed by atoms with Crippen LogP contribution in [0.15, 0.2) is 5.38 Å². The number of rotatable bonds is 4. The number of nitrogens with one attached hydrogen (secondary N) is 1. The predicted molar refractivity (Wildman–Crippen MR) is 82.1 cm³/mol. The Morgan fingerprint density at radius 3 is 2.60 bits per heavy atom. The molecule has 1 aliphatic rings. The molecule has 1 fully saturated rings. The minimum atomic E-state index is -0.767. The Morgan fingerprint density at radius 1 is 1.50 bits per heavy atom. The van der Waals surface area contributed by atoms with Gasteiger partial charge in [-0.2, -0.15) is 0 Å². The minimum absolute atomic E-state index is 0.216. The number of hydrogen-bond donors (Lipinski definition) is 2. The number of carbonyl (C=O) groups is 2. The van der Waals surface area contributed by atoms with Crippen molar-refractivity contribution in [3.8, 4) is 0 Å². The van der Waals surface area contributed by atoms with Crippen LogP contribution in [-0.2, 0) is 9.53 Å². The summed E-state index contributed by atoms with van der Waals surface area (Å²) in [6, 6.07) is 0. The van der Waals surface area contributed by atoms with Crippen molar-refractivity contribution in [2.24, 2.45) is 11.1 Å². The fourth-order valence-corrected chi connectivity index (χ4v) is 3.41. The molecule has 0 unspecified atom stereocenters. The number of nitrogens with two attached hydrogens (primary N) is 1. The van der Waals surface area contributed by atoms with Crippen LogP contribution in [0.5, 0.6) is 0 Å². The zero-order chi connectivity index (χ0) is 14.9. The van der Waals surface area contributed by atoms with Gasteiger partial charge in [0.2, 0.25) is 5.91 Å². The minimum Gasteiger partial charge on any atom is -0.465 e. The van der Waals surface area contributed by atoms with Gasteiger partial charge >= 0.3 is 5.97 Å². The second-order valence-electron chi connectivity index (χ2n) is 4.87. The molecule has 0 radical (unpaired) electrons. The highest BCUT2D eigenvalue weighted by atomic mass is 32.1. The lowest BCUT2D eigenvalue weighted by Gasteiger charge is -2.39. The van der Waals surface area contributed by atoms with Gasteiger partial charge in [0.1, 0.15) is 4.88 Å². The molecule has 0 bridgehead atoms. The average molecular weight is 312 g/mol. The number of ether oxygens (including phenoxy) is 1. The molecule has 5 nitrogen and oxygen atoms in total. The molecule has 1 amide bonds. The number of amides is 1. The van der Waals surface area contributed by atoms with Crippen LogP contribution in [0.3, 0.4) is 0 Å². The maximum atomic E-state index is 12.4. The van der Waals surface area contributed by atoms with E-state index in [2.05, 4.69) is 5.32 Å². The van der Waals surface area contributed by atoms with Gasteiger partial charge in [0, 0.05) is 0 Å². The molecule has 0 spiro atoms. The molecule has 7 heteroatoms. The van der Waals surface area contributed by atoms with Crippen molar-refractivity contribution in [2.75, 3.05) is 12.4 Å². The smallest absolute Gasteiger partial charge is 0.350 e. The van der Waals surface area contributed by atoms with E-state index in [1.54, 1.807) is 5.38 Å². The van der Waals surface area contributed by atoms with Crippen LogP contribution in [0.2, 0.25) is 0 Å². The van der Waals surface area contributed by atoms with Crippen LogP contribution in [0, 0.1) is 12.3 Å². The summed E-state index contributed by atoms with van der Waals surface area (Å²) in [6.07, 6.45) is 2.24. The summed E-state index contributed by atoms with van der Waals surface area (Å²) in [6.45, 7) is 1.83. The molecule has 2 rings (SSSR count). The van der Waals surface area contributed by atoms with Gasteiger partial charge in [-0.1, -0.05) is 18.6 Å². The van der Waals surface area contributed by atoms with Crippen molar-refractivity contribution in [1.82, 2.24) is 0 Å². The first-order valence-corrected chi connectivity index (χ1v) is 7.49. The Kier molecular flexibility index (Phi) is 4.10. The number of aryl methyl sites for hydroxylation is 1. The fraction of sp³-hybridized carbons (Fsp3) is 0.462. The highest BCUT2D eigenvalue weighted by Gasteiger charge is 2.47. The molecule has 0 aliphatic heterocycles. The van der Waals surface area contributed by atoms with Gasteiger partial charge in [0.05, 0.1) is 23.2 Å². The van der Waals surface area contributed by atoms with E-state index in [4.69, 9.17) is 22.7 Å². The van der Waals surface area contributed by atoms with E-state index in [1.807, 2.05) is 6.92 Å². The largest absolute Gasteiger partial charge is 0.465 e. The maximum absolute atomic E-state index is 12.4. The maximum Gasteiger partial charge on any atom is 0.350 e. The predicted octanol–water partition coefficient (Wildman–Crippen LogP) is 2.24. The Morgan fingerprint density at radius 2 is 2.15 bits per heavy atom. The molecular weight excluding hydrogens is 296 g/mol. The van der Waals surface area contributed by atoms with Gasteiger partial charge < -0.3 is 15.8 Å². The lowest BCUT2D eigenvalue weighted by atomic mass is 9.68. The molecular formula is C13H16N2O3S2. The van der Waals surface area contributed by atoms with Crippen LogP contribution in [0.1, 0.15) is 34.5 Å². The van der Waals surface area contributed by atoms with Crippen LogP contribution in [-0.4, -0.2) is 24.0 Å². The Hall–Kier alpha value is -1.47. The number of hydrogen-bond acceptors (Lipinski definition) is 5. The summed E-state index contributed by atoms with van der Waals surface area (Å²) in [5, 5.41) is 4.60. The van der Waals surface area contributed by atoms with Crippen LogP contribution >= 0.6 is 23.6 Å².